The molecule has 360 valence electrons. The Kier molecular flexibility index (Phi) is 15.2. The summed E-state index contributed by atoms with van der Waals surface area (Å²) in [6.07, 6.45) is 0. The SMILES string of the molecule is Cc1ccc2c(Oc3ccc(OCCN4CC(CF)C4)cc3)c(C(=O)c3ccccc3C)sc2c1.Cc1ccccc1C(=O)c1sc2cc(O)ccc2c1Oc1ccc(OCCN2CC(CF)C2)cc1. The molecule has 0 bridgehead atoms. The van der Waals surface area contributed by atoms with Crippen LogP contribution in [0.15, 0.2) is 133 Å². The minimum Gasteiger partial charge on any atom is -0.508 e. The number of hydrogen-bond acceptors (Lipinski definition) is 11. The Bertz CT molecular complexity index is 2900. The third-order valence-electron chi connectivity index (χ3n) is 12.6. The second-order valence-electron chi connectivity index (χ2n) is 17.9. The number of ketones is 2. The number of phenolic OH excluding ortho intramolecular Hbond substituents is 1. The van der Waals surface area contributed by atoms with Crippen molar-refractivity contribution in [3.63, 3.8) is 0 Å². The number of thiophene rings is 2. The molecule has 70 heavy (non-hydrogen) atoms. The highest BCUT2D eigenvalue weighted by Gasteiger charge is 2.28. The molecule has 0 aliphatic carbocycles. The van der Waals surface area contributed by atoms with E-state index in [-0.39, 0.29) is 42.5 Å². The third kappa shape index (κ3) is 11.2. The molecular formula is C57H54F2N2O7S2. The van der Waals surface area contributed by atoms with Crippen molar-refractivity contribution in [3.05, 3.63) is 171 Å². The fourth-order valence-electron chi connectivity index (χ4n) is 8.59. The fourth-order valence-corrected chi connectivity index (χ4v) is 10.9. The molecule has 10 rings (SSSR count). The molecule has 0 radical (unpaired) electrons. The molecule has 8 aromatic rings. The zero-order valence-electron chi connectivity index (χ0n) is 39.3. The minimum atomic E-state index is -0.252. The largest absolute Gasteiger partial charge is 0.508 e. The van der Waals surface area contributed by atoms with Gasteiger partial charge in [-0.25, -0.2) is 0 Å². The first-order chi connectivity index (χ1) is 34.0. The van der Waals surface area contributed by atoms with Crippen LogP contribution in [-0.2, 0) is 0 Å². The highest BCUT2D eigenvalue weighted by atomic mass is 32.1. The van der Waals surface area contributed by atoms with E-state index in [0.29, 0.717) is 57.1 Å². The van der Waals surface area contributed by atoms with Gasteiger partial charge in [-0.05, 0) is 116 Å². The molecule has 1 N–H and O–H groups in total. The van der Waals surface area contributed by atoms with Crippen LogP contribution in [0.1, 0.15) is 47.2 Å². The number of likely N-dealkylation sites (tertiary alicyclic amines) is 2. The van der Waals surface area contributed by atoms with E-state index in [4.69, 9.17) is 18.9 Å². The zero-order valence-corrected chi connectivity index (χ0v) is 40.9. The van der Waals surface area contributed by atoms with Crippen molar-refractivity contribution in [2.75, 3.05) is 65.8 Å². The van der Waals surface area contributed by atoms with Crippen molar-refractivity contribution in [1.82, 2.24) is 9.80 Å². The Morgan fingerprint density at radius 3 is 1.41 bits per heavy atom. The second kappa shape index (κ2) is 22.0. The van der Waals surface area contributed by atoms with Crippen molar-refractivity contribution in [2.45, 2.75) is 20.8 Å². The van der Waals surface area contributed by atoms with E-state index in [1.165, 1.54) is 22.7 Å². The molecule has 2 fully saturated rings. The Labute approximate surface area is 414 Å². The van der Waals surface area contributed by atoms with E-state index in [0.717, 1.165) is 87.6 Å². The highest BCUT2D eigenvalue weighted by molar-refractivity contribution is 7.22. The number of carbonyl (C=O) groups is 2. The molecule has 13 heteroatoms. The highest BCUT2D eigenvalue weighted by Crippen LogP contribution is 2.44. The number of nitrogens with zero attached hydrogens (tertiary/aromatic N) is 2. The van der Waals surface area contributed by atoms with Gasteiger partial charge in [0, 0.05) is 82.4 Å². The van der Waals surface area contributed by atoms with Crippen LogP contribution >= 0.6 is 22.7 Å². The topological polar surface area (TPSA) is 97.8 Å². The molecule has 0 amide bonds. The van der Waals surface area contributed by atoms with E-state index >= 15 is 0 Å². The van der Waals surface area contributed by atoms with Crippen LogP contribution < -0.4 is 18.9 Å². The number of rotatable bonds is 18. The van der Waals surface area contributed by atoms with E-state index in [1.807, 2.05) is 130 Å². The first-order valence-electron chi connectivity index (χ1n) is 23.4. The lowest BCUT2D eigenvalue weighted by Gasteiger charge is -2.37. The van der Waals surface area contributed by atoms with Crippen LogP contribution in [0, 0.1) is 32.6 Å². The summed E-state index contributed by atoms with van der Waals surface area (Å²) in [6.45, 7) is 11.3. The Hall–Kier alpha value is -6.64. The molecule has 0 unspecified atom stereocenters. The monoisotopic (exact) mass is 980 g/mol. The number of aryl methyl sites for hydroxylation is 3. The van der Waals surface area contributed by atoms with Crippen molar-refractivity contribution in [3.8, 4) is 40.2 Å². The van der Waals surface area contributed by atoms with Crippen molar-refractivity contribution in [2.24, 2.45) is 11.8 Å². The summed E-state index contributed by atoms with van der Waals surface area (Å²) in [5, 5.41) is 11.6. The van der Waals surface area contributed by atoms with Crippen LogP contribution in [0.4, 0.5) is 8.78 Å². The molecule has 6 aromatic carbocycles. The lowest BCUT2D eigenvalue weighted by Crippen LogP contribution is -2.49. The molecular weight excluding hydrogens is 927 g/mol. The number of carbonyl (C=O) groups excluding carboxylic acids is 2. The second-order valence-corrected chi connectivity index (χ2v) is 20.0. The van der Waals surface area contributed by atoms with E-state index in [2.05, 4.69) is 15.9 Å². The number of alkyl halides is 2. The summed E-state index contributed by atoms with van der Waals surface area (Å²) in [5.41, 5.74) is 4.28. The number of ether oxygens (including phenoxy) is 4. The minimum absolute atomic E-state index is 0.0297. The normalized spacial score (nSPS) is 14.1. The fraction of sp³-hybridized carbons (Fsp3) is 0.263. The molecule has 0 atom stereocenters. The number of fused-ring (bicyclic) bond motifs is 2. The van der Waals surface area contributed by atoms with Crippen LogP contribution in [-0.4, -0.2) is 92.3 Å². The Morgan fingerprint density at radius 2 is 0.971 bits per heavy atom. The van der Waals surface area contributed by atoms with Gasteiger partial charge in [-0.2, -0.15) is 0 Å². The summed E-state index contributed by atoms with van der Waals surface area (Å²) in [7, 11) is 0. The van der Waals surface area contributed by atoms with Gasteiger partial charge in [0.2, 0.25) is 11.6 Å². The first-order valence-corrected chi connectivity index (χ1v) is 25.0. The summed E-state index contributed by atoms with van der Waals surface area (Å²) in [5.74, 6) is 4.12. The first kappa shape index (κ1) is 48.4. The van der Waals surface area contributed by atoms with E-state index < -0.39 is 0 Å². The van der Waals surface area contributed by atoms with Gasteiger partial charge < -0.3 is 24.1 Å². The molecule has 0 spiro atoms. The Morgan fingerprint density at radius 1 is 0.557 bits per heavy atom. The summed E-state index contributed by atoms with van der Waals surface area (Å²) < 4.78 is 51.1. The van der Waals surface area contributed by atoms with Crippen molar-refractivity contribution < 1.29 is 42.4 Å². The number of aromatic hydroxyl groups is 1. The molecule has 2 aliphatic heterocycles. The van der Waals surface area contributed by atoms with Gasteiger partial charge in [0.05, 0.1) is 13.3 Å². The number of benzene rings is 6. The van der Waals surface area contributed by atoms with Gasteiger partial charge in [-0.3, -0.25) is 28.2 Å². The number of phenols is 1. The summed E-state index contributed by atoms with van der Waals surface area (Å²) in [6, 6.07) is 41.0. The average molecular weight is 981 g/mol. The summed E-state index contributed by atoms with van der Waals surface area (Å²) in [4.78, 5) is 32.4. The standard InChI is InChI=1S/C29H28FNO3S.C28H26FNO4S/c1-19-7-12-25-26(15-19)35-29(27(32)24-6-4-3-5-20(24)2)28(25)34-23-10-8-22(9-11-23)33-14-13-31-17-21(16-30)18-31;1-18-4-2-3-5-23(18)26(32)28-27(24-11-6-20(31)14-25(24)35-28)34-22-9-7-21(8-10-22)33-13-12-30-16-19(15-29)17-30/h3-12,15,21H,13-14,16-18H2,1-2H3;2-11,14,19,31H,12-13,15-17H2,1H3. The lowest BCUT2D eigenvalue weighted by atomic mass is 10.0. The Balaban J connectivity index is 0.000000174. The van der Waals surface area contributed by atoms with Gasteiger partial charge in [0.25, 0.3) is 0 Å². The lowest BCUT2D eigenvalue weighted by molar-refractivity contribution is 0.0668. The van der Waals surface area contributed by atoms with Gasteiger partial charge in [-0.1, -0.05) is 54.6 Å². The van der Waals surface area contributed by atoms with Crippen LogP contribution in [0.3, 0.4) is 0 Å². The smallest absolute Gasteiger partial charge is 0.207 e. The quantitative estimate of drug-likeness (QED) is 0.0843. The molecule has 9 nitrogen and oxygen atoms in total. The molecule has 2 saturated heterocycles. The zero-order chi connectivity index (χ0) is 48.7. The van der Waals surface area contributed by atoms with Crippen LogP contribution in [0.5, 0.6) is 40.2 Å². The molecule has 2 aliphatic rings. The maximum Gasteiger partial charge on any atom is 0.207 e. The maximum absolute atomic E-state index is 13.5. The number of hydrogen-bond donors (Lipinski definition) is 1. The molecule has 4 heterocycles. The van der Waals surface area contributed by atoms with Crippen LogP contribution in [0.2, 0.25) is 0 Å². The van der Waals surface area contributed by atoms with Crippen LogP contribution in [0.25, 0.3) is 20.2 Å². The molecule has 2 aromatic heterocycles. The number of halogens is 2. The van der Waals surface area contributed by atoms with Crippen molar-refractivity contribution >= 4 is 54.4 Å². The van der Waals surface area contributed by atoms with Gasteiger partial charge >= 0.3 is 0 Å². The van der Waals surface area contributed by atoms with Gasteiger partial charge in [0.1, 0.15) is 51.7 Å². The third-order valence-corrected chi connectivity index (χ3v) is 14.8. The molecule has 0 saturated carbocycles. The van der Waals surface area contributed by atoms with Gasteiger partial charge in [-0.15, -0.1) is 22.7 Å². The van der Waals surface area contributed by atoms with Crippen molar-refractivity contribution in [1.29, 1.82) is 0 Å². The van der Waals surface area contributed by atoms with E-state index in [9.17, 15) is 23.5 Å². The predicted octanol–water partition coefficient (Wildman–Crippen LogP) is 13.0. The maximum atomic E-state index is 13.5. The van der Waals surface area contributed by atoms with E-state index in [1.54, 1.807) is 18.2 Å². The van der Waals surface area contributed by atoms with Gasteiger partial charge in [0.15, 0.2) is 11.5 Å². The summed E-state index contributed by atoms with van der Waals surface area (Å²) >= 11 is 2.78. The predicted molar refractivity (Wildman–Crippen MR) is 275 cm³/mol. The average Bonchev–Trinajstić information content (AvgIpc) is 3.88.